The average Bonchev–Trinajstić information content (AvgIpc) is 3.04. The van der Waals surface area contributed by atoms with Crippen molar-refractivity contribution in [1.82, 2.24) is 10.6 Å². The van der Waals surface area contributed by atoms with Crippen molar-refractivity contribution in [2.45, 2.75) is 89.6 Å². The van der Waals surface area contributed by atoms with Gasteiger partial charge in [0.05, 0.1) is 39.1 Å². The molecule has 0 spiro atoms. The van der Waals surface area contributed by atoms with Crippen LogP contribution in [0.1, 0.15) is 52.5 Å². The Morgan fingerprint density at radius 2 is 1.60 bits per heavy atom. The van der Waals surface area contributed by atoms with Gasteiger partial charge in [-0.2, -0.15) is 0 Å². The number of nitrogens with one attached hydrogen (secondary N) is 2. The molecule has 0 aliphatic carbocycles. The molecule has 50 heavy (non-hydrogen) atoms. The van der Waals surface area contributed by atoms with Crippen molar-refractivity contribution in [2.75, 3.05) is 33.5 Å². The zero-order chi connectivity index (χ0) is 37.4. The molecule has 1 fully saturated rings. The molecule has 0 aromatic heterocycles. The molecule has 0 radical (unpaired) electrons. The molecule has 2 amide bonds. The fourth-order valence-electron chi connectivity index (χ4n) is 5.05. The minimum absolute atomic E-state index is 0.112. The van der Waals surface area contributed by atoms with Crippen LogP contribution in [-0.4, -0.2) is 116 Å². The molecule has 3 N–H and O–H groups in total. The highest BCUT2D eigenvalue weighted by Gasteiger charge is 2.59. The van der Waals surface area contributed by atoms with Crippen LogP contribution in [0.5, 0.6) is 0 Å². The number of ether oxygens (including phenoxy) is 7. The summed E-state index contributed by atoms with van der Waals surface area (Å²) in [7, 11) is 1.04. The Balaban J connectivity index is 2.65. The molecule has 278 valence electrons. The predicted octanol–water partition coefficient (Wildman–Crippen LogP) is 0.289. The summed E-state index contributed by atoms with van der Waals surface area (Å²) in [6.45, 7) is 2.59. The third-order valence-corrected chi connectivity index (χ3v) is 7.33. The van der Waals surface area contributed by atoms with Crippen LogP contribution in [0.25, 0.3) is 0 Å². The Morgan fingerprint density at radius 3 is 2.16 bits per heavy atom. The second-order valence-electron chi connectivity index (χ2n) is 11.2. The van der Waals surface area contributed by atoms with E-state index in [0.29, 0.717) is 10.6 Å². The molecule has 0 saturated carbocycles. The zero-order valence-electron chi connectivity index (χ0n) is 28.4. The number of rotatable bonds is 18. The minimum atomic E-state index is -2.36. The van der Waals surface area contributed by atoms with Crippen LogP contribution in [-0.2, 0) is 73.1 Å². The van der Waals surface area contributed by atoms with Gasteiger partial charge in [0.15, 0.2) is 18.8 Å². The number of hydrogen-bond donors (Lipinski definition) is 3. The maximum Gasteiger partial charge on any atom is 0.366 e. The van der Waals surface area contributed by atoms with Gasteiger partial charge in [0.25, 0.3) is 11.7 Å². The summed E-state index contributed by atoms with van der Waals surface area (Å²) in [5.74, 6) is -8.35. The van der Waals surface area contributed by atoms with E-state index >= 15 is 0 Å². The Morgan fingerprint density at radius 1 is 0.940 bits per heavy atom. The summed E-state index contributed by atoms with van der Waals surface area (Å²) in [6.07, 6.45) is -6.60. The van der Waals surface area contributed by atoms with E-state index in [4.69, 9.17) is 44.8 Å². The number of halogens is 1. The largest absolute Gasteiger partial charge is 0.465 e. The number of benzene rings is 1. The van der Waals surface area contributed by atoms with Crippen LogP contribution in [0.15, 0.2) is 24.3 Å². The lowest BCUT2D eigenvalue weighted by atomic mass is 9.87. The van der Waals surface area contributed by atoms with Gasteiger partial charge >= 0.3 is 29.8 Å². The van der Waals surface area contributed by atoms with Crippen LogP contribution in [0.3, 0.4) is 0 Å². The van der Waals surface area contributed by atoms with E-state index in [9.17, 15) is 38.7 Å². The Kier molecular flexibility index (Phi) is 17.1. The van der Waals surface area contributed by atoms with E-state index < -0.39 is 97.5 Å². The van der Waals surface area contributed by atoms with Gasteiger partial charge in [-0.15, -0.1) is 0 Å². The lowest BCUT2D eigenvalue weighted by Crippen LogP contribution is -2.70. The molecule has 0 unspecified atom stereocenters. The summed E-state index contributed by atoms with van der Waals surface area (Å²) < 4.78 is 38.5. The lowest BCUT2D eigenvalue weighted by molar-refractivity contribution is -0.313. The van der Waals surface area contributed by atoms with Crippen molar-refractivity contribution < 1.29 is 71.8 Å². The monoisotopic (exact) mass is 730 g/mol. The van der Waals surface area contributed by atoms with Crippen molar-refractivity contribution in [3.8, 4) is 0 Å². The molecule has 1 saturated heterocycles. The van der Waals surface area contributed by atoms with Gasteiger partial charge in [-0.3, -0.25) is 28.8 Å². The maximum absolute atomic E-state index is 13.4. The van der Waals surface area contributed by atoms with E-state index in [0.717, 1.165) is 34.8 Å². The predicted molar refractivity (Wildman–Crippen MR) is 170 cm³/mol. The van der Waals surface area contributed by atoms with Crippen LogP contribution < -0.4 is 10.6 Å². The van der Waals surface area contributed by atoms with E-state index in [-0.39, 0.29) is 32.5 Å². The minimum Gasteiger partial charge on any atom is -0.465 e. The van der Waals surface area contributed by atoms with Crippen LogP contribution in [0.4, 0.5) is 0 Å². The summed E-state index contributed by atoms with van der Waals surface area (Å²) in [5, 5.41) is 14.8. The van der Waals surface area contributed by atoms with Crippen molar-refractivity contribution >= 4 is 53.3 Å². The number of carbonyl (C=O) groups is 7. The molecular weight excluding hydrogens is 688 g/mol. The Hall–Kier alpha value is -4.32. The van der Waals surface area contributed by atoms with Gasteiger partial charge in [-0.05, 0) is 30.5 Å². The third-order valence-electron chi connectivity index (χ3n) is 7.07. The first-order valence-corrected chi connectivity index (χ1v) is 15.9. The van der Waals surface area contributed by atoms with Crippen molar-refractivity contribution in [3.05, 3.63) is 34.9 Å². The second kappa shape index (κ2) is 20.4. The molecule has 1 aromatic carbocycles. The quantitative estimate of drug-likeness (QED) is 0.105. The number of aliphatic hydroxyl groups excluding tert-OH is 1. The molecule has 18 heteroatoms. The van der Waals surface area contributed by atoms with E-state index in [1.807, 2.05) is 0 Å². The number of esters is 5. The number of hydrogen-bond acceptors (Lipinski definition) is 15. The van der Waals surface area contributed by atoms with Gasteiger partial charge < -0.3 is 48.9 Å². The van der Waals surface area contributed by atoms with Crippen LogP contribution in [0, 0.1) is 0 Å². The first-order chi connectivity index (χ1) is 23.6. The summed E-state index contributed by atoms with van der Waals surface area (Å²) in [4.78, 5) is 88.0. The molecule has 0 bridgehead atoms. The summed E-state index contributed by atoms with van der Waals surface area (Å²) >= 11 is 5.93. The highest BCUT2D eigenvalue weighted by atomic mass is 35.5. The van der Waals surface area contributed by atoms with Crippen LogP contribution >= 0.6 is 11.6 Å². The molecule has 6 atom stereocenters. The second-order valence-corrected chi connectivity index (χ2v) is 11.6. The first kappa shape index (κ1) is 41.8. The Labute approximate surface area is 293 Å². The molecule has 1 aliphatic rings. The van der Waals surface area contributed by atoms with Gasteiger partial charge in [0.1, 0.15) is 12.2 Å². The van der Waals surface area contributed by atoms with E-state index in [2.05, 4.69) is 10.6 Å². The number of carbonyl (C=O) groups excluding carboxylic acids is 7. The van der Waals surface area contributed by atoms with Gasteiger partial charge in [0, 0.05) is 39.3 Å². The number of methoxy groups -OCH3 is 1. The number of amides is 2. The average molecular weight is 731 g/mol. The molecule has 1 heterocycles. The maximum atomic E-state index is 13.4. The molecule has 1 aromatic rings. The van der Waals surface area contributed by atoms with Crippen LogP contribution in [0.2, 0.25) is 5.02 Å². The van der Waals surface area contributed by atoms with Crippen molar-refractivity contribution in [1.29, 1.82) is 0 Å². The standard InChI is InChI=1S/C32H43ClN2O15/c1-18(37)45-17-27(42)35-28-24(47-19(2)38)15-32(31(43)44-5,46-13-7-6-12-36)50-30(28)29(49-21(4)40)25(48-20(3)39)16-34-26(41)14-22-8-10-23(33)11-9-22/h8-11,24-25,28-30,36H,6-7,12-17H2,1-5H3,(H,34,41)(H,35,42)/t24-,25+,28+,29+,30+,32+/m0/s1. The molecule has 1 aliphatic heterocycles. The fourth-order valence-corrected chi connectivity index (χ4v) is 5.18. The Bertz CT molecular complexity index is 1360. The SMILES string of the molecule is COC(=O)[C@@]1(OCCCCO)C[C@H](OC(C)=O)[C@@H](NC(=O)COC(C)=O)[C@H]([C@H](OC(C)=O)[C@@H](CNC(=O)Cc2ccc(Cl)cc2)OC(C)=O)O1. The smallest absolute Gasteiger partial charge is 0.366 e. The van der Waals surface area contributed by atoms with Gasteiger partial charge in [-0.1, -0.05) is 23.7 Å². The molecule has 2 rings (SSSR count). The lowest BCUT2D eigenvalue weighted by Gasteiger charge is -2.48. The first-order valence-electron chi connectivity index (χ1n) is 15.6. The van der Waals surface area contributed by atoms with Gasteiger partial charge in [0.2, 0.25) is 5.91 Å². The topological polar surface area (TPSA) is 228 Å². The van der Waals surface area contributed by atoms with E-state index in [1.54, 1.807) is 24.3 Å². The highest BCUT2D eigenvalue weighted by Crippen LogP contribution is 2.37. The summed E-state index contributed by atoms with van der Waals surface area (Å²) in [6, 6.07) is 4.98. The number of unbranched alkanes of at least 4 members (excludes halogenated alkanes) is 1. The van der Waals surface area contributed by atoms with Crippen molar-refractivity contribution in [2.24, 2.45) is 0 Å². The molecule has 17 nitrogen and oxygen atoms in total. The summed E-state index contributed by atoms with van der Waals surface area (Å²) in [5.41, 5.74) is 0.601. The fraction of sp³-hybridized carbons (Fsp3) is 0.594. The normalized spacial score (nSPS) is 21.1. The van der Waals surface area contributed by atoms with E-state index in [1.165, 1.54) is 0 Å². The zero-order valence-corrected chi connectivity index (χ0v) is 29.1. The van der Waals surface area contributed by atoms with Crippen molar-refractivity contribution in [3.63, 3.8) is 0 Å². The van der Waals surface area contributed by atoms with Gasteiger partial charge in [-0.25, -0.2) is 4.79 Å². The third kappa shape index (κ3) is 13.5. The highest BCUT2D eigenvalue weighted by molar-refractivity contribution is 6.30. The number of aliphatic hydroxyl groups is 1. The molecular formula is C32H43ClN2O15.